The maximum absolute atomic E-state index is 12.7. The molecule has 3 unspecified atom stereocenters. The Kier molecular flexibility index (Phi) is 8.32. The number of carbonyl (C=O) groups is 1. The van der Waals surface area contributed by atoms with Crippen molar-refractivity contribution in [1.29, 1.82) is 0 Å². The van der Waals surface area contributed by atoms with Crippen molar-refractivity contribution in [3.63, 3.8) is 0 Å². The number of nitrogens with zero attached hydrogens (tertiary/aromatic N) is 1. The maximum Gasteiger partial charge on any atom is 0.490 e. The molecule has 2 aliphatic rings. The van der Waals surface area contributed by atoms with Gasteiger partial charge in [0.15, 0.2) is 9.84 Å². The minimum atomic E-state index is -5.08. The molecule has 0 aliphatic carbocycles. The van der Waals surface area contributed by atoms with Gasteiger partial charge in [0, 0.05) is 25.6 Å². The van der Waals surface area contributed by atoms with Crippen LogP contribution in [0.5, 0.6) is 11.5 Å². The van der Waals surface area contributed by atoms with E-state index in [1.807, 2.05) is 55.5 Å². The fourth-order valence-electron chi connectivity index (χ4n) is 4.32. The first kappa shape index (κ1) is 26.8. The van der Waals surface area contributed by atoms with Gasteiger partial charge in [-0.1, -0.05) is 29.8 Å². The quantitative estimate of drug-likeness (QED) is 0.649. The van der Waals surface area contributed by atoms with Crippen LogP contribution in [-0.2, 0) is 21.2 Å². The molecule has 2 aromatic rings. The number of hydrogen-bond acceptors (Lipinski definition) is 6. The predicted octanol–water partition coefficient (Wildman–Crippen LogP) is 3.70. The van der Waals surface area contributed by atoms with Crippen LogP contribution in [-0.4, -0.2) is 67.9 Å². The predicted molar refractivity (Wildman–Crippen MR) is 123 cm³/mol. The van der Waals surface area contributed by atoms with Gasteiger partial charge in [-0.05, 0) is 43.2 Å². The number of methoxy groups -OCH3 is 1. The molecule has 1 N–H and O–H groups in total. The van der Waals surface area contributed by atoms with Gasteiger partial charge in [-0.25, -0.2) is 13.2 Å². The first-order valence-corrected chi connectivity index (χ1v) is 12.7. The molecule has 0 amide bonds. The average Bonchev–Trinajstić information content (AvgIpc) is 3.23. The van der Waals surface area contributed by atoms with Crippen LogP contribution >= 0.6 is 0 Å². The van der Waals surface area contributed by atoms with Crippen molar-refractivity contribution in [2.75, 3.05) is 26.0 Å². The number of carboxylic acid groups (broad SMARTS) is 1. The molecule has 2 saturated heterocycles. The van der Waals surface area contributed by atoms with Gasteiger partial charge in [0.2, 0.25) is 0 Å². The molecule has 11 heteroatoms. The molecule has 2 fully saturated rings. The first-order valence-electron chi connectivity index (χ1n) is 11.0. The Morgan fingerprint density at radius 3 is 2.17 bits per heavy atom. The summed E-state index contributed by atoms with van der Waals surface area (Å²) in [7, 11) is -1.42. The molecule has 0 saturated carbocycles. The van der Waals surface area contributed by atoms with Gasteiger partial charge in [0.05, 0.1) is 18.1 Å². The molecule has 4 rings (SSSR count). The number of hydrogen-bond donors (Lipinski definition) is 1. The summed E-state index contributed by atoms with van der Waals surface area (Å²) in [5, 5.41) is 6.79. The van der Waals surface area contributed by atoms with Crippen LogP contribution in [0.25, 0.3) is 0 Å². The molecule has 2 aromatic carbocycles. The van der Waals surface area contributed by atoms with E-state index in [4.69, 9.17) is 19.4 Å². The summed E-state index contributed by atoms with van der Waals surface area (Å²) in [5.74, 6) is -0.887. The van der Waals surface area contributed by atoms with Crippen LogP contribution in [0.3, 0.4) is 0 Å². The van der Waals surface area contributed by atoms with Crippen LogP contribution in [0.1, 0.15) is 17.5 Å². The van der Waals surface area contributed by atoms with E-state index in [-0.39, 0.29) is 23.0 Å². The van der Waals surface area contributed by atoms with Crippen molar-refractivity contribution < 1.29 is 41.0 Å². The molecule has 35 heavy (non-hydrogen) atoms. The number of ether oxygens (including phenoxy) is 2. The van der Waals surface area contributed by atoms with E-state index in [0.717, 1.165) is 30.2 Å². The molecule has 0 aromatic heterocycles. The van der Waals surface area contributed by atoms with E-state index in [0.29, 0.717) is 13.0 Å². The van der Waals surface area contributed by atoms with Crippen molar-refractivity contribution in [3.05, 3.63) is 59.7 Å². The highest BCUT2D eigenvalue weighted by Crippen LogP contribution is 2.36. The Balaban J connectivity index is 0.000000429. The zero-order valence-corrected chi connectivity index (χ0v) is 20.2. The van der Waals surface area contributed by atoms with Crippen molar-refractivity contribution in [2.45, 2.75) is 37.4 Å². The Morgan fingerprint density at radius 2 is 1.63 bits per heavy atom. The van der Waals surface area contributed by atoms with Gasteiger partial charge in [0.25, 0.3) is 0 Å². The Labute approximate surface area is 202 Å². The van der Waals surface area contributed by atoms with Crippen molar-refractivity contribution in [1.82, 2.24) is 4.90 Å². The molecule has 192 valence electrons. The first-order chi connectivity index (χ1) is 16.4. The summed E-state index contributed by atoms with van der Waals surface area (Å²) in [6.45, 7) is 4.10. The minimum Gasteiger partial charge on any atom is -0.497 e. The van der Waals surface area contributed by atoms with E-state index in [1.54, 1.807) is 7.11 Å². The second-order valence-corrected chi connectivity index (χ2v) is 11.0. The molecular formula is C24H28F3NO6S. The molecule has 2 aliphatic heterocycles. The highest BCUT2D eigenvalue weighted by atomic mass is 32.2. The number of aryl methyl sites for hydroxylation is 1. The van der Waals surface area contributed by atoms with Crippen LogP contribution in [0, 0.1) is 12.8 Å². The van der Waals surface area contributed by atoms with Gasteiger partial charge < -0.3 is 14.6 Å². The molecule has 0 bridgehead atoms. The van der Waals surface area contributed by atoms with Gasteiger partial charge in [0.1, 0.15) is 17.6 Å². The number of benzene rings is 2. The molecule has 7 nitrogen and oxygen atoms in total. The standard InChI is InChI=1S/C22H27NO4S.C2HF3O2/c1-16-3-7-19(8-4-16)27-21-11-12-28(24,25)22-15-23(14-20(21)22)13-17-5-9-18(26-2)10-6-17;3-2(4,5)1(6)7/h3-10,20-22H,11-15H2,1-2H3;(H,6,7). The number of carboxylic acids is 1. The number of aliphatic carboxylic acids is 1. The molecule has 3 atom stereocenters. The Bertz CT molecular complexity index is 1100. The number of halogens is 3. The van der Waals surface area contributed by atoms with Crippen molar-refractivity contribution in [2.24, 2.45) is 5.92 Å². The lowest BCUT2D eigenvalue weighted by atomic mass is 9.98. The summed E-state index contributed by atoms with van der Waals surface area (Å²) < 4.78 is 68.6. The summed E-state index contributed by atoms with van der Waals surface area (Å²) in [6.07, 6.45) is -4.58. The Morgan fingerprint density at radius 1 is 1.06 bits per heavy atom. The topological polar surface area (TPSA) is 93.1 Å². The average molecular weight is 516 g/mol. The van der Waals surface area contributed by atoms with Gasteiger partial charge >= 0.3 is 12.1 Å². The molecular weight excluding hydrogens is 487 g/mol. The van der Waals surface area contributed by atoms with Crippen LogP contribution in [0.4, 0.5) is 13.2 Å². The molecule has 0 radical (unpaired) electrons. The smallest absolute Gasteiger partial charge is 0.490 e. The Hall–Kier alpha value is -2.79. The van der Waals surface area contributed by atoms with E-state index in [2.05, 4.69) is 4.90 Å². The van der Waals surface area contributed by atoms with Crippen molar-refractivity contribution in [3.8, 4) is 11.5 Å². The molecule has 0 spiro atoms. The lowest BCUT2D eigenvalue weighted by Gasteiger charge is -2.33. The highest BCUT2D eigenvalue weighted by Gasteiger charge is 2.49. The van der Waals surface area contributed by atoms with Gasteiger partial charge in [-0.3, -0.25) is 4.90 Å². The second kappa shape index (κ2) is 10.9. The van der Waals surface area contributed by atoms with Gasteiger partial charge in [-0.15, -0.1) is 0 Å². The zero-order valence-electron chi connectivity index (χ0n) is 19.4. The monoisotopic (exact) mass is 515 g/mol. The lowest BCUT2D eigenvalue weighted by Crippen LogP contribution is -2.46. The molecule has 2 heterocycles. The SMILES string of the molecule is COc1ccc(CN2CC3C(Oc4ccc(C)cc4)CCS(=O)(=O)C3C2)cc1.O=C(O)C(F)(F)F. The van der Waals surface area contributed by atoms with E-state index < -0.39 is 22.0 Å². The largest absolute Gasteiger partial charge is 0.497 e. The summed E-state index contributed by atoms with van der Waals surface area (Å²) in [5.41, 5.74) is 2.34. The summed E-state index contributed by atoms with van der Waals surface area (Å²) >= 11 is 0. The lowest BCUT2D eigenvalue weighted by molar-refractivity contribution is -0.192. The fraction of sp³-hybridized carbons (Fsp3) is 0.458. The van der Waals surface area contributed by atoms with E-state index >= 15 is 0 Å². The minimum absolute atomic E-state index is 0.0123. The summed E-state index contributed by atoms with van der Waals surface area (Å²) in [6, 6.07) is 15.9. The third-order valence-corrected chi connectivity index (χ3v) is 8.35. The third-order valence-electron chi connectivity index (χ3n) is 6.13. The number of alkyl halides is 3. The van der Waals surface area contributed by atoms with Crippen LogP contribution < -0.4 is 9.47 Å². The maximum atomic E-state index is 12.7. The summed E-state index contributed by atoms with van der Waals surface area (Å²) in [4.78, 5) is 11.1. The normalized spacial score (nSPS) is 23.5. The fourth-order valence-corrected chi connectivity index (χ4v) is 6.41. The zero-order chi connectivity index (χ0) is 25.8. The van der Waals surface area contributed by atoms with Crippen molar-refractivity contribution >= 4 is 15.8 Å². The number of fused-ring (bicyclic) bond motifs is 1. The number of sulfone groups is 1. The highest BCUT2D eigenvalue weighted by molar-refractivity contribution is 7.92. The third kappa shape index (κ3) is 7.11. The number of likely N-dealkylation sites (tertiary alicyclic amines) is 1. The number of rotatable bonds is 5. The van der Waals surface area contributed by atoms with Gasteiger partial charge in [-0.2, -0.15) is 13.2 Å². The van der Waals surface area contributed by atoms with E-state index in [9.17, 15) is 21.6 Å². The van der Waals surface area contributed by atoms with E-state index in [1.165, 1.54) is 5.56 Å². The van der Waals surface area contributed by atoms with Crippen LogP contribution in [0.2, 0.25) is 0 Å². The van der Waals surface area contributed by atoms with Crippen LogP contribution in [0.15, 0.2) is 48.5 Å². The second-order valence-electron chi connectivity index (χ2n) is 8.67.